The molecule has 1 aliphatic heterocycles. The lowest BCUT2D eigenvalue weighted by Crippen LogP contribution is -2.45. The molecule has 1 aliphatic rings. The smallest absolute Gasteiger partial charge is 0.201 e. The highest BCUT2D eigenvalue weighted by Crippen LogP contribution is 2.15. The van der Waals surface area contributed by atoms with E-state index in [1.807, 2.05) is 0 Å². The Morgan fingerprint density at radius 1 is 1.31 bits per heavy atom. The highest BCUT2D eigenvalue weighted by atomic mass is 32.2. The van der Waals surface area contributed by atoms with Gasteiger partial charge in [-0.3, -0.25) is 0 Å². The molecule has 0 radical (unpaired) electrons. The summed E-state index contributed by atoms with van der Waals surface area (Å²) in [5.74, 6) is 0. The third-order valence-corrected chi connectivity index (χ3v) is 4.21. The van der Waals surface area contributed by atoms with Crippen molar-refractivity contribution in [2.24, 2.45) is 5.41 Å². The summed E-state index contributed by atoms with van der Waals surface area (Å²) in [5, 5.41) is 8.80. The van der Waals surface area contributed by atoms with Gasteiger partial charge in [0.1, 0.15) is 0 Å². The van der Waals surface area contributed by atoms with Gasteiger partial charge in [0.25, 0.3) is 10.2 Å². The lowest BCUT2D eigenvalue weighted by atomic mass is 9.97. The van der Waals surface area contributed by atoms with Crippen molar-refractivity contribution in [3.8, 4) is 6.07 Å². The van der Waals surface area contributed by atoms with Crippen LogP contribution in [0.5, 0.6) is 0 Å². The van der Waals surface area contributed by atoms with Crippen LogP contribution in [0.15, 0.2) is 0 Å². The van der Waals surface area contributed by atoms with E-state index in [9.17, 15) is 8.42 Å². The molecule has 0 aromatic carbocycles. The third-order valence-electron chi connectivity index (χ3n) is 2.65. The van der Waals surface area contributed by atoms with Crippen LogP contribution in [-0.2, 0) is 10.2 Å². The average molecular weight is 245 g/mol. The summed E-state index contributed by atoms with van der Waals surface area (Å²) in [4.78, 5) is 0. The summed E-state index contributed by atoms with van der Waals surface area (Å²) < 4.78 is 27.7. The van der Waals surface area contributed by atoms with Crippen molar-refractivity contribution in [3.63, 3.8) is 0 Å². The molecule has 0 aromatic rings. The molecular formula is C10H19N3O2S. The van der Waals surface area contributed by atoms with Crippen molar-refractivity contribution >= 4 is 10.2 Å². The summed E-state index contributed by atoms with van der Waals surface area (Å²) in [6, 6.07) is 2.07. The standard InChI is InChI=1S/C10H19N3O2S/c1-10(2,8-11)9-12-16(14,15)13-6-4-3-5-7-13/h12H,3-7,9H2,1-2H3. The average Bonchev–Trinajstić information content (AvgIpc) is 2.28. The topological polar surface area (TPSA) is 73.2 Å². The zero-order chi connectivity index (χ0) is 12.2. The zero-order valence-electron chi connectivity index (χ0n) is 9.86. The molecule has 1 fully saturated rings. The summed E-state index contributed by atoms with van der Waals surface area (Å²) in [5.41, 5.74) is -0.664. The Bertz CT molecular complexity index is 364. The quantitative estimate of drug-likeness (QED) is 0.798. The molecular weight excluding hydrogens is 226 g/mol. The molecule has 6 heteroatoms. The maximum Gasteiger partial charge on any atom is 0.279 e. The first-order chi connectivity index (χ1) is 7.37. The van der Waals surface area contributed by atoms with Crippen LogP contribution in [0.3, 0.4) is 0 Å². The maximum absolute atomic E-state index is 11.9. The lowest BCUT2D eigenvalue weighted by Gasteiger charge is -2.27. The van der Waals surface area contributed by atoms with Crippen molar-refractivity contribution in [2.45, 2.75) is 33.1 Å². The fourth-order valence-corrected chi connectivity index (χ4v) is 2.97. The predicted molar refractivity (Wildman–Crippen MR) is 61.7 cm³/mol. The summed E-state index contributed by atoms with van der Waals surface area (Å²) in [6.45, 7) is 4.75. The predicted octanol–water partition coefficient (Wildman–Crippen LogP) is 0.856. The van der Waals surface area contributed by atoms with Crippen LogP contribution < -0.4 is 4.72 Å². The van der Waals surface area contributed by atoms with E-state index in [0.717, 1.165) is 19.3 Å². The van der Waals surface area contributed by atoms with Crippen LogP contribution in [0.4, 0.5) is 0 Å². The van der Waals surface area contributed by atoms with Gasteiger partial charge in [0.2, 0.25) is 0 Å². The molecule has 5 nitrogen and oxygen atoms in total. The van der Waals surface area contributed by atoms with Gasteiger partial charge in [0.15, 0.2) is 0 Å². The molecule has 0 unspecified atom stereocenters. The van der Waals surface area contributed by atoms with E-state index in [2.05, 4.69) is 10.8 Å². The van der Waals surface area contributed by atoms with Gasteiger partial charge in [0, 0.05) is 19.6 Å². The minimum atomic E-state index is -3.39. The van der Waals surface area contributed by atoms with Crippen molar-refractivity contribution < 1.29 is 8.42 Å². The Labute approximate surface area is 97.6 Å². The third kappa shape index (κ3) is 3.74. The molecule has 0 amide bonds. The van der Waals surface area contributed by atoms with Crippen LogP contribution in [0, 0.1) is 16.7 Å². The van der Waals surface area contributed by atoms with Gasteiger partial charge in [-0.1, -0.05) is 6.42 Å². The van der Waals surface area contributed by atoms with Gasteiger partial charge in [-0.15, -0.1) is 0 Å². The number of nitrogens with zero attached hydrogens (tertiary/aromatic N) is 2. The first-order valence-electron chi connectivity index (χ1n) is 5.53. The lowest BCUT2D eigenvalue weighted by molar-refractivity contribution is 0.337. The van der Waals surface area contributed by atoms with Crippen molar-refractivity contribution in [2.75, 3.05) is 19.6 Å². The van der Waals surface area contributed by atoms with Crippen LogP contribution in [0.25, 0.3) is 0 Å². The second-order valence-corrected chi connectivity index (χ2v) is 6.54. The molecule has 0 atom stereocenters. The molecule has 0 bridgehead atoms. The van der Waals surface area contributed by atoms with Crippen molar-refractivity contribution in [3.05, 3.63) is 0 Å². The molecule has 1 heterocycles. The Morgan fingerprint density at radius 3 is 2.38 bits per heavy atom. The number of rotatable bonds is 4. The Kier molecular flexibility index (Phi) is 4.30. The van der Waals surface area contributed by atoms with E-state index in [1.54, 1.807) is 13.8 Å². The van der Waals surface area contributed by atoms with Gasteiger partial charge in [-0.05, 0) is 26.7 Å². The molecule has 0 spiro atoms. The highest BCUT2D eigenvalue weighted by Gasteiger charge is 2.26. The van der Waals surface area contributed by atoms with Gasteiger partial charge < -0.3 is 0 Å². The first kappa shape index (κ1) is 13.4. The number of piperidine rings is 1. The second kappa shape index (κ2) is 5.13. The molecule has 0 saturated carbocycles. The van der Waals surface area contributed by atoms with Crippen LogP contribution >= 0.6 is 0 Å². The Morgan fingerprint density at radius 2 is 1.88 bits per heavy atom. The molecule has 92 valence electrons. The van der Waals surface area contributed by atoms with Gasteiger partial charge in [0.05, 0.1) is 11.5 Å². The van der Waals surface area contributed by atoms with E-state index in [0.29, 0.717) is 13.1 Å². The molecule has 16 heavy (non-hydrogen) atoms. The number of hydrogen-bond donors (Lipinski definition) is 1. The van der Waals surface area contributed by atoms with Gasteiger partial charge >= 0.3 is 0 Å². The maximum atomic E-state index is 11.9. The largest absolute Gasteiger partial charge is 0.279 e. The van der Waals surface area contributed by atoms with E-state index in [1.165, 1.54) is 4.31 Å². The number of nitriles is 1. The Hall–Kier alpha value is -0.640. The van der Waals surface area contributed by atoms with E-state index < -0.39 is 15.6 Å². The fourth-order valence-electron chi connectivity index (χ4n) is 1.51. The fraction of sp³-hybridized carbons (Fsp3) is 0.900. The number of nitrogens with one attached hydrogen (secondary N) is 1. The summed E-state index contributed by atoms with van der Waals surface area (Å²) >= 11 is 0. The minimum absolute atomic E-state index is 0.155. The van der Waals surface area contributed by atoms with Gasteiger partial charge in [-0.2, -0.15) is 18.0 Å². The molecule has 0 aliphatic carbocycles. The summed E-state index contributed by atoms with van der Waals surface area (Å²) in [6.07, 6.45) is 2.93. The molecule has 0 aromatic heterocycles. The first-order valence-corrected chi connectivity index (χ1v) is 6.97. The molecule has 1 rings (SSSR count). The highest BCUT2D eigenvalue weighted by molar-refractivity contribution is 7.87. The normalized spacial score (nSPS) is 19.3. The van der Waals surface area contributed by atoms with Gasteiger partial charge in [-0.25, -0.2) is 4.72 Å². The summed E-state index contributed by atoms with van der Waals surface area (Å²) in [7, 11) is -3.39. The van der Waals surface area contributed by atoms with Crippen molar-refractivity contribution in [1.82, 2.24) is 9.03 Å². The van der Waals surface area contributed by atoms with E-state index >= 15 is 0 Å². The van der Waals surface area contributed by atoms with E-state index in [-0.39, 0.29) is 6.54 Å². The van der Waals surface area contributed by atoms with Crippen molar-refractivity contribution in [1.29, 1.82) is 5.26 Å². The minimum Gasteiger partial charge on any atom is -0.201 e. The Balaban J connectivity index is 2.55. The molecule has 1 N–H and O–H groups in total. The molecule has 1 saturated heterocycles. The second-order valence-electron chi connectivity index (χ2n) is 4.78. The van der Waals surface area contributed by atoms with Crippen LogP contribution in [0.2, 0.25) is 0 Å². The zero-order valence-corrected chi connectivity index (χ0v) is 10.7. The van der Waals surface area contributed by atoms with E-state index in [4.69, 9.17) is 5.26 Å². The SMILES string of the molecule is CC(C)(C#N)CNS(=O)(=O)N1CCCCC1. The number of hydrogen-bond acceptors (Lipinski definition) is 3. The monoisotopic (exact) mass is 245 g/mol. The van der Waals surface area contributed by atoms with Crippen LogP contribution in [0.1, 0.15) is 33.1 Å². The van der Waals surface area contributed by atoms with Crippen LogP contribution in [-0.4, -0.2) is 32.4 Å².